The quantitative estimate of drug-likeness (QED) is 0.760. The van der Waals surface area contributed by atoms with Gasteiger partial charge in [-0.2, -0.15) is 4.98 Å². The van der Waals surface area contributed by atoms with Gasteiger partial charge in [-0.25, -0.2) is 9.59 Å². The van der Waals surface area contributed by atoms with Crippen LogP contribution in [0, 0.1) is 0 Å². The number of esters is 2. The molecular weight excluding hydrogens is 328 g/mol. The van der Waals surface area contributed by atoms with E-state index in [9.17, 15) is 9.59 Å². The number of carbonyl (C=O) groups is 2. The molecule has 0 aliphatic heterocycles. The number of hydrogen-bond donors (Lipinski definition) is 0. The number of nitrogens with zero attached hydrogens (tertiary/aromatic N) is 2. The van der Waals surface area contributed by atoms with Crippen LogP contribution in [0.5, 0.6) is 5.75 Å². The molecule has 1 aromatic heterocycles. The molecule has 8 heteroatoms. The zero-order valence-corrected chi connectivity index (χ0v) is 14.8. The van der Waals surface area contributed by atoms with Gasteiger partial charge in [-0.1, -0.05) is 32.0 Å². The van der Waals surface area contributed by atoms with Crippen molar-refractivity contribution in [1.29, 1.82) is 0 Å². The second-order valence-electron chi connectivity index (χ2n) is 6.22. The number of aromatic nitrogens is 2. The van der Waals surface area contributed by atoms with Crippen molar-refractivity contribution in [2.75, 3.05) is 14.2 Å². The lowest BCUT2D eigenvalue weighted by molar-refractivity contribution is 0.0550. The minimum Gasteiger partial charge on any atom is -0.485 e. The van der Waals surface area contributed by atoms with Crippen molar-refractivity contribution >= 4 is 11.9 Å². The van der Waals surface area contributed by atoms with Gasteiger partial charge in [0.05, 0.1) is 19.8 Å². The summed E-state index contributed by atoms with van der Waals surface area (Å²) in [4.78, 5) is 28.2. The topological polar surface area (TPSA) is 101 Å². The third-order valence-corrected chi connectivity index (χ3v) is 3.29. The van der Waals surface area contributed by atoms with Gasteiger partial charge in [0.1, 0.15) is 11.3 Å². The summed E-state index contributed by atoms with van der Waals surface area (Å²) in [7, 11) is 2.44. The normalized spacial score (nSPS) is 11.1. The standard InChI is InChI=1S/C17H20N2O6/c1-17(2,3)16-18-12(19-25-16)9-24-11-8-6-7-10(14(20)22-4)13(11)15(21)23-5/h6-8H,9H2,1-5H3. The van der Waals surface area contributed by atoms with E-state index in [0.717, 1.165) is 0 Å². The molecule has 2 rings (SSSR count). The molecule has 134 valence electrons. The van der Waals surface area contributed by atoms with Crippen LogP contribution in [0.2, 0.25) is 0 Å². The molecule has 0 saturated carbocycles. The van der Waals surface area contributed by atoms with Crippen molar-refractivity contribution in [3.8, 4) is 5.75 Å². The van der Waals surface area contributed by atoms with E-state index >= 15 is 0 Å². The van der Waals surface area contributed by atoms with Gasteiger partial charge >= 0.3 is 11.9 Å². The van der Waals surface area contributed by atoms with Gasteiger partial charge in [0, 0.05) is 5.41 Å². The summed E-state index contributed by atoms with van der Waals surface area (Å²) in [6.45, 7) is 5.80. The van der Waals surface area contributed by atoms with Gasteiger partial charge in [-0.15, -0.1) is 0 Å². The van der Waals surface area contributed by atoms with Crippen LogP contribution < -0.4 is 4.74 Å². The molecule has 0 atom stereocenters. The molecule has 8 nitrogen and oxygen atoms in total. The van der Waals surface area contributed by atoms with Crippen molar-refractivity contribution < 1.29 is 28.3 Å². The maximum absolute atomic E-state index is 12.1. The Morgan fingerprint density at radius 2 is 1.80 bits per heavy atom. The van der Waals surface area contributed by atoms with Crippen LogP contribution in [-0.2, 0) is 21.5 Å². The van der Waals surface area contributed by atoms with E-state index in [2.05, 4.69) is 14.9 Å². The summed E-state index contributed by atoms with van der Waals surface area (Å²) < 4.78 is 20.2. The van der Waals surface area contributed by atoms with Gasteiger partial charge < -0.3 is 18.7 Å². The summed E-state index contributed by atoms with van der Waals surface area (Å²) in [6, 6.07) is 4.57. The molecule has 1 aromatic carbocycles. The van der Waals surface area contributed by atoms with E-state index in [1.165, 1.54) is 20.3 Å². The van der Waals surface area contributed by atoms with E-state index in [1.54, 1.807) is 12.1 Å². The number of rotatable bonds is 5. The molecule has 2 aromatic rings. The molecule has 0 bridgehead atoms. The lowest BCUT2D eigenvalue weighted by Gasteiger charge is -2.12. The number of carbonyl (C=O) groups excluding carboxylic acids is 2. The van der Waals surface area contributed by atoms with Gasteiger partial charge in [-0.3, -0.25) is 0 Å². The fourth-order valence-electron chi connectivity index (χ4n) is 2.00. The lowest BCUT2D eigenvalue weighted by atomic mass is 9.97. The summed E-state index contributed by atoms with van der Waals surface area (Å²) in [5, 5.41) is 3.85. The summed E-state index contributed by atoms with van der Waals surface area (Å²) >= 11 is 0. The second-order valence-corrected chi connectivity index (χ2v) is 6.22. The summed E-state index contributed by atoms with van der Waals surface area (Å²) in [6.07, 6.45) is 0. The zero-order valence-electron chi connectivity index (χ0n) is 14.8. The molecule has 0 aliphatic carbocycles. The van der Waals surface area contributed by atoms with E-state index < -0.39 is 11.9 Å². The molecule has 1 heterocycles. The Labute approximate surface area is 145 Å². The van der Waals surface area contributed by atoms with E-state index in [0.29, 0.717) is 11.7 Å². The first-order chi connectivity index (χ1) is 11.8. The Morgan fingerprint density at radius 1 is 1.12 bits per heavy atom. The molecule has 0 fully saturated rings. The fraction of sp³-hybridized carbons (Fsp3) is 0.412. The highest BCUT2D eigenvalue weighted by Gasteiger charge is 2.25. The molecule has 0 N–H and O–H groups in total. The van der Waals surface area contributed by atoms with Crippen LogP contribution in [0.3, 0.4) is 0 Å². The maximum atomic E-state index is 12.1. The van der Waals surface area contributed by atoms with Crippen LogP contribution in [0.1, 0.15) is 53.2 Å². The maximum Gasteiger partial charge on any atom is 0.342 e. The second kappa shape index (κ2) is 7.33. The van der Waals surface area contributed by atoms with Crippen LogP contribution >= 0.6 is 0 Å². The van der Waals surface area contributed by atoms with Crippen molar-refractivity contribution in [1.82, 2.24) is 10.1 Å². The fourth-order valence-corrected chi connectivity index (χ4v) is 2.00. The SMILES string of the molecule is COC(=O)c1cccc(OCc2noc(C(C)(C)C)n2)c1C(=O)OC. The Balaban J connectivity index is 2.28. The average molecular weight is 348 g/mol. The molecule has 0 spiro atoms. The molecular formula is C17H20N2O6. The van der Waals surface area contributed by atoms with Gasteiger partial charge in [0.25, 0.3) is 0 Å². The smallest absolute Gasteiger partial charge is 0.342 e. The average Bonchev–Trinajstić information content (AvgIpc) is 3.07. The Kier molecular flexibility index (Phi) is 5.41. The molecule has 0 saturated heterocycles. The number of methoxy groups -OCH3 is 2. The van der Waals surface area contributed by atoms with Crippen LogP contribution in [0.15, 0.2) is 22.7 Å². The third kappa shape index (κ3) is 4.14. The first kappa shape index (κ1) is 18.4. The zero-order chi connectivity index (χ0) is 18.6. The predicted octanol–water partition coefficient (Wildman–Crippen LogP) is 2.52. The third-order valence-electron chi connectivity index (χ3n) is 3.29. The van der Waals surface area contributed by atoms with Crippen LogP contribution in [-0.4, -0.2) is 36.3 Å². The summed E-state index contributed by atoms with van der Waals surface area (Å²) in [5.41, 5.74) is -0.250. The molecule has 0 radical (unpaired) electrons. The number of ether oxygens (including phenoxy) is 3. The Hall–Kier alpha value is -2.90. The van der Waals surface area contributed by atoms with Gasteiger partial charge in [0.15, 0.2) is 6.61 Å². The minimum absolute atomic E-state index is 0.0172. The van der Waals surface area contributed by atoms with Crippen molar-refractivity contribution in [2.24, 2.45) is 0 Å². The lowest BCUT2D eigenvalue weighted by Crippen LogP contribution is -2.14. The molecule has 0 amide bonds. The van der Waals surface area contributed by atoms with Crippen molar-refractivity contribution in [3.05, 3.63) is 41.0 Å². The number of hydrogen-bond acceptors (Lipinski definition) is 8. The van der Waals surface area contributed by atoms with Crippen LogP contribution in [0.25, 0.3) is 0 Å². The van der Waals surface area contributed by atoms with E-state index in [-0.39, 0.29) is 28.9 Å². The highest BCUT2D eigenvalue weighted by molar-refractivity contribution is 6.05. The Bertz CT molecular complexity index is 776. The first-order valence-electron chi connectivity index (χ1n) is 7.53. The first-order valence-corrected chi connectivity index (χ1v) is 7.53. The molecule has 0 aliphatic rings. The van der Waals surface area contributed by atoms with Gasteiger partial charge in [-0.05, 0) is 12.1 Å². The number of benzene rings is 1. The Morgan fingerprint density at radius 3 is 2.36 bits per heavy atom. The highest BCUT2D eigenvalue weighted by atomic mass is 16.5. The largest absolute Gasteiger partial charge is 0.485 e. The van der Waals surface area contributed by atoms with Crippen LogP contribution in [0.4, 0.5) is 0 Å². The van der Waals surface area contributed by atoms with Crippen molar-refractivity contribution in [2.45, 2.75) is 32.8 Å². The predicted molar refractivity (Wildman–Crippen MR) is 86.5 cm³/mol. The summed E-state index contributed by atoms with van der Waals surface area (Å²) in [5.74, 6) is -0.413. The highest BCUT2D eigenvalue weighted by Crippen LogP contribution is 2.25. The van der Waals surface area contributed by atoms with E-state index in [4.69, 9.17) is 14.0 Å². The van der Waals surface area contributed by atoms with Gasteiger partial charge in [0.2, 0.25) is 11.7 Å². The van der Waals surface area contributed by atoms with E-state index in [1.807, 2.05) is 20.8 Å². The molecule has 25 heavy (non-hydrogen) atoms. The molecule has 0 unspecified atom stereocenters. The minimum atomic E-state index is -0.709. The monoisotopic (exact) mass is 348 g/mol. The van der Waals surface area contributed by atoms with Crippen molar-refractivity contribution in [3.63, 3.8) is 0 Å².